The van der Waals surface area contributed by atoms with E-state index in [2.05, 4.69) is 32.3 Å². The average Bonchev–Trinajstić information content (AvgIpc) is 3.83. The molecule has 2 N–H and O–H groups in total. The average molecular weight is 669 g/mol. The summed E-state index contributed by atoms with van der Waals surface area (Å²) in [5, 5.41) is 21.0. The second-order valence-corrected chi connectivity index (χ2v) is 13.4. The monoisotopic (exact) mass is 667 g/mol. The minimum atomic E-state index is -1.04. The Morgan fingerprint density at radius 2 is 1.98 bits per heavy atom. The summed E-state index contributed by atoms with van der Waals surface area (Å²) in [7, 11) is 0. The number of aryl methyl sites for hydroxylation is 1. The van der Waals surface area contributed by atoms with Crippen molar-refractivity contribution >= 4 is 56.5 Å². The summed E-state index contributed by atoms with van der Waals surface area (Å²) in [5.74, 6) is -0.400. The molecular formula is C32H32Cl2FN7O2S. The van der Waals surface area contributed by atoms with Gasteiger partial charge in [-0.2, -0.15) is 5.10 Å². The molecule has 9 nitrogen and oxygen atoms in total. The minimum absolute atomic E-state index is 0.153. The second-order valence-electron chi connectivity index (χ2n) is 11.7. The lowest BCUT2D eigenvalue weighted by molar-refractivity contribution is -0.118. The number of rotatable bonds is 9. The smallest absolute Gasteiger partial charge is 0.257 e. The molecule has 0 bridgehead atoms. The van der Waals surface area contributed by atoms with Gasteiger partial charge in [-0.25, -0.2) is 14.4 Å². The molecule has 1 fully saturated rings. The zero-order valence-corrected chi connectivity index (χ0v) is 26.7. The van der Waals surface area contributed by atoms with Gasteiger partial charge in [0.25, 0.3) is 5.91 Å². The highest BCUT2D eigenvalue weighted by molar-refractivity contribution is 7.13. The lowest BCUT2D eigenvalue weighted by atomic mass is 10.0. The van der Waals surface area contributed by atoms with Gasteiger partial charge in [-0.05, 0) is 49.4 Å². The Balaban J connectivity index is 1.16. The summed E-state index contributed by atoms with van der Waals surface area (Å²) in [6.07, 6.45) is 7.56. The summed E-state index contributed by atoms with van der Waals surface area (Å²) in [5.41, 5.74) is 4.43. The van der Waals surface area contributed by atoms with Crippen LogP contribution in [-0.2, 0) is 24.2 Å². The Morgan fingerprint density at radius 3 is 2.73 bits per heavy atom. The van der Waals surface area contributed by atoms with Gasteiger partial charge in [0.1, 0.15) is 11.7 Å². The maximum Gasteiger partial charge on any atom is 0.257 e. The van der Waals surface area contributed by atoms with Gasteiger partial charge in [-0.15, -0.1) is 11.3 Å². The van der Waals surface area contributed by atoms with Gasteiger partial charge in [0, 0.05) is 53.9 Å². The van der Waals surface area contributed by atoms with Crippen LogP contribution in [0.4, 0.5) is 9.52 Å². The lowest BCUT2D eigenvalue weighted by Crippen LogP contribution is -2.36. The number of nitrogens with zero attached hydrogens (tertiary/aromatic N) is 6. The third-order valence-electron chi connectivity index (χ3n) is 8.69. The number of amides is 1. The molecule has 13 heteroatoms. The summed E-state index contributed by atoms with van der Waals surface area (Å²) >= 11 is 15.1. The van der Waals surface area contributed by atoms with Crippen molar-refractivity contribution in [2.75, 3.05) is 25.0 Å². The Morgan fingerprint density at radius 1 is 1.18 bits per heavy atom. The Hall–Kier alpha value is -3.35. The van der Waals surface area contributed by atoms with Crippen LogP contribution in [-0.4, -0.2) is 72.1 Å². The van der Waals surface area contributed by atoms with Crippen molar-refractivity contribution in [2.45, 2.75) is 57.0 Å². The highest BCUT2D eigenvalue weighted by atomic mass is 35.5. The maximum absolute atomic E-state index is 14.3. The predicted molar refractivity (Wildman–Crippen MR) is 175 cm³/mol. The maximum atomic E-state index is 14.3. The molecule has 2 atom stereocenters. The van der Waals surface area contributed by atoms with Gasteiger partial charge in [0.05, 0.1) is 34.7 Å². The third-order valence-corrected chi connectivity index (χ3v) is 10.1. The number of fused-ring (bicyclic) bond motifs is 2. The first kappa shape index (κ1) is 30.3. The number of aliphatic hydroxyl groups excluding tert-OH is 1. The van der Waals surface area contributed by atoms with E-state index in [9.17, 15) is 14.3 Å². The number of hydrogen-bond acceptors (Lipinski definition) is 7. The Labute approximate surface area is 273 Å². The molecule has 5 heterocycles. The van der Waals surface area contributed by atoms with Gasteiger partial charge in [0.15, 0.2) is 11.2 Å². The van der Waals surface area contributed by atoms with E-state index in [0.717, 1.165) is 56.4 Å². The van der Waals surface area contributed by atoms with Gasteiger partial charge < -0.3 is 14.6 Å². The zero-order chi connectivity index (χ0) is 31.1. The van der Waals surface area contributed by atoms with Crippen LogP contribution in [0.3, 0.4) is 0 Å². The van der Waals surface area contributed by atoms with Crippen molar-refractivity contribution in [1.29, 1.82) is 0 Å². The number of imidazole rings is 1. The fraction of sp³-hybridized carbons (Fsp3) is 0.375. The number of thiazole rings is 1. The zero-order valence-electron chi connectivity index (χ0n) is 24.4. The van der Waals surface area contributed by atoms with Crippen molar-refractivity contribution in [1.82, 2.24) is 29.2 Å². The van der Waals surface area contributed by atoms with E-state index in [-0.39, 0.29) is 19.1 Å². The van der Waals surface area contributed by atoms with Crippen LogP contribution in [0.1, 0.15) is 42.3 Å². The van der Waals surface area contributed by atoms with Crippen molar-refractivity contribution in [3.8, 4) is 11.1 Å². The number of nitrogens with one attached hydrogen (secondary N) is 1. The van der Waals surface area contributed by atoms with E-state index in [1.165, 1.54) is 21.6 Å². The van der Waals surface area contributed by atoms with Crippen molar-refractivity contribution < 1.29 is 14.3 Å². The van der Waals surface area contributed by atoms with Crippen molar-refractivity contribution in [3.05, 3.63) is 81.4 Å². The molecule has 0 aliphatic carbocycles. The van der Waals surface area contributed by atoms with Gasteiger partial charge >= 0.3 is 0 Å². The van der Waals surface area contributed by atoms with Crippen LogP contribution >= 0.6 is 34.5 Å². The van der Waals surface area contributed by atoms with Crippen LogP contribution in [0.25, 0.3) is 22.0 Å². The number of aliphatic hydroxyl groups is 1. The van der Waals surface area contributed by atoms with Crippen LogP contribution in [0.2, 0.25) is 10.0 Å². The highest BCUT2D eigenvalue weighted by Crippen LogP contribution is 2.39. The molecule has 0 radical (unpaired) electrons. The molecule has 2 aliphatic heterocycles. The summed E-state index contributed by atoms with van der Waals surface area (Å²) in [4.78, 5) is 24.8. The van der Waals surface area contributed by atoms with E-state index in [4.69, 9.17) is 28.3 Å². The number of halogens is 3. The molecule has 2 aliphatic rings. The van der Waals surface area contributed by atoms with Crippen LogP contribution in [0.5, 0.6) is 0 Å². The quantitative estimate of drug-likeness (QED) is 0.195. The third kappa shape index (κ3) is 6.24. The van der Waals surface area contributed by atoms with E-state index in [1.54, 1.807) is 28.7 Å². The molecule has 5 aromatic rings. The number of carbonyl (C=O) groups excluding carboxylic acids is 1. The fourth-order valence-electron chi connectivity index (χ4n) is 6.31. The number of piperidine rings is 1. The Bertz CT molecular complexity index is 1820. The highest BCUT2D eigenvalue weighted by Gasteiger charge is 2.34. The van der Waals surface area contributed by atoms with Crippen molar-refractivity contribution in [3.63, 3.8) is 0 Å². The van der Waals surface area contributed by atoms with E-state index >= 15 is 0 Å². The molecule has 234 valence electrons. The molecule has 45 heavy (non-hydrogen) atoms. The number of anilines is 1. The van der Waals surface area contributed by atoms with Crippen molar-refractivity contribution in [2.24, 2.45) is 0 Å². The number of aromatic nitrogens is 5. The first-order valence-electron chi connectivity index (χ1n) is 15.1. The molecule has 0 spiro atoms. The molecule has 0 unspecified atom stereocenters. The largest absolute Gasteiger partial charge is 0.393 e. The topological polar surface area (TPSA) is 101 Å². The molecule has 0 saturated carbocycles. The normalized spacial score (nSPS) is 18.0. The van der Waals surface area contributed by atoms with Gasteiger partial charge in [-0.3, -0.25) is 14.8 Å². The molecule has 2 aromatic carbocycles. The van der Waals surface area contributed by atoms with E-state index in [1.807, 2.05) is 18.2 Å². The molecule has 1 saturated heterocycles. The van der Waals surface area contributed by atoms with Crippen LogP contribution in [0.15, 0.2) is 54.4 Å². The number of benzene rings is 2. The van der Waals surface area contributed by atoms with E-state index in [0.29, 0.717) is 37.5 Å². The first-order valence-corrected chi connectivity index (χ1v) is 16.7. The molecular weight excluding hydrogens is 636 g/mol. The van der Waals surface area contributed by atoms with Crippen LogP contribution in [0, 0.1) is 0 Å². The van der Waals surface area contributed by atoms with Gasteiger partial charge in [-0.1, -0.05) is 47.5 Å². The minimum Gasteiger partial charge on any atom is -0.393 e. The molecule has 3 aromatic heterocycles. The summed E-state index contributed by atoms with van der Waals surface area (Å²) in [6, 6.07) is 9.13. The fourth-order valence-corrected chi connectivity index (χ4v) is 7.40. The second kappa shape index (κ2) is 12.8. The standard InChI is InChI=1S/C32H32Cl2FN7O2S/c33-25-15-23(20-5-3-19(4-6-20)2-1-10-40-11-7-22(43)8-12-40)27(34)28-24(25)17-42(39-28)30(31(44)38-32-36-9-13-45-32)29-26-14-21(35)16-41(26)18-37-29/h3-6,9,13,15,17-18,21-22,30,43H,1-2,7-8,10-12,14,16H2,(H,36,38,44)/t21-,30-/m1/s1. The number of carbonyl (C=O) groups is 1. The number of hydrogen-bond donors (Lipinski definition) is 2. The SMILES string of the molecule is O=C(Nc1nccs1)[C@@H](c1ncn2c1C[C@@H](F)C2)n1cc2c(Cl)cc(-c3ccc(CCCN4CCC(O)CC4)cc3)c(Cl)c2n1. The van der Waals surface area contributed by atoms with E-state index < -0.39 is 18.1 Å². The number of alkyl halides is 1. The number of likely N-dealkylation sites (tertiary alicyclic amines) is 1. The first-order chi connectivity index (χ1) is 21.8. The molecule has 7 rings (SSSR count). The lowest BCUT2D eigenvalue weighted by Gasteiger charge is -2.29. The van der Waals surface area contributed by atoms with Crippen LogP contribution < -0.4 is 5.32 Å². The summed E-state index contributed by atoms with van der Waals surface area (Å²) in [6.45, 7) is 3.14. The Kier molecular flexibility index (Phi) is 8.62. The summed E-state index contributed by atoms with van der Waals surface area (Å²) < 4.78 is 17.6. The predicted octanol–water partition coefficient (Wildman–Crippen LogP) is 6.17. The van der Waals surface area contributed by atoms with Gasteiger partial charge in [0.2, 0.25) is 0 Å². The molecule has 1 amide bonds.